The number of aryl methyl sites for hydroxylation is 2. The van der Waals surface area contributed by atoms with Crippen molar-refractivity contribution in [1.82, 2.24) is 0 Å². The Morgan fingerprint density at radius 3 is 2.25 bits per heavy atom. The van der Waals surface area contributed by atoms with Gasteiger partial charge in [0.25, 0.3) is 5.91 Å². The fourth-order valence-electron chi connectivity index (χ4n) is 3.48. The number of ketones is 1. The number of benzene rings is 2. The second kappa shape index (κ2) is 7.50. The number of hydrogen-bond donors (Lipinski definition) is 2. The molecule has 5 heteroatoms. The summed E-state index contributed by atoms with van der Waals surface area (Å²) >= 11 is 0. The van der Waals surface area contributed by atoms with Gasteiger partial charge in [-0.15, -0.1) is 0 Å². The highest BCUT2D eigenvalue weighted by molar-refractivity contribution is 6.16. The molecule has 0 aliphatic carbocycles. The average molecular weight is 379 g/mol. The molecule has 1 amide bonds. The molecule has 0 saturated heterocycles. The number of carbonyl (C=O) groups is 2. The molecule has 0 spiro atoms. The second-order valence-corrected chi connectivity index (χ2v) is 7.72. The molecule has 146 valence electrons. The number of hydrogen-bond acceptors (Lipinski definition) is 4. The zero-order chi connectivity index (χ0) is 20.6. The summed E-state index contributed by atoms with van der Waals surface area (Å²) in [5.41, 5.74) is 3.48. The van der Waals surface area contributed by atoms with Gasteiger partial charge in [-0.05, 0) is 60.7 Å². The van der Waals surface area contributed by atoms with Gasteiger partial charge in [-0.25, -0.2) is 0 Å². The van der Waals surface area contributed by atoms with E-state index in [2.05, 4.69) is 0 Å². The number of phenols is 1. The Morgan fingerprint density at radius 1 is 1.04 bits per heavy atom. The quantitative estimate of drug-likeness (QED) is 0.800. The first-order valence-corrected chi connectivity index (χ1v) is 9.36. The highest BCUT2D eigenvalue weighted by Gasteiger charge is 2.44. The molecule has 0 fully saturated rings. The number of rotatable bonds is 5. The van der Waals surface area contributed by atoms with E-state index in [-0.39, 0.29) is 29.4 Å². The number of Topliss-reactive ketones (excluding diaryl/α,β-unsaturated/α-hetero) is 1. The third-order valence-electron chi connectivity index (χ3n) is 5.08. The van der Waals surface area contributed by atoms with Gasteiger partial charge in [-0.1, -0.05) is 32.0 Å². The number of aliphatic hydroxyl groups excluding tert-OH is 1. The minimum Gasteiger partial charge on any atom is -0.508 e. The number of aromatic hydroxyl groups is 1. The first-order valence-electron chi connectivity index (χ1n) is 9.36. The summed E-state index contributed by atoms with van der Waals surface area (Å²) in [5, 5.41) is 20.2. The Bertz CT molecular complexity index is 957. The van der Waals surface area contributed by atoms with Crippen LogP contribution in [0.15, 0.2) is 53.8 Å². The number of phenolic OH excluding ortho intramolecular Hbond substituents is 1. The summed E-state index contributed by atoms with van der Waals surface area (Å²) in [6.07, 6.45) is 0.238. The van der Waals surface area contributed by atoms with Crippen LogP contribution in [0, 0.1) is 19.8 Å². The Labute approximate surface area is 164 Å². The van der Waals surface area contributed by atoms with Crippen LogP contribution in [0.5, 0.6) is 5.75 Å². The summed E-state index contributed by atoms with van der Waals surface area (Å²) in [6, 6.07) is 11.2. The van der Waals surface area contributed by atoms with Crippen LogP contribution in [-0.2, 0) is 9.59 Å². The molecule has 1 unspecified atom stereocenters. The molecule has 2 N–H and O–H groups in total. The van der Waals surface area contributed by atoms with Crippen molar-refractivity contribution < 1.29 is 19.8 Å². The van der Waals surface area contributed by atoms with Gasteiger partial charge in [0.1, 0.15) is 5.75 Å². The molecule has 28 heavy (non-hydrogen) atoms. The number of amides is 1. The lowest BCUT2D eigenvalue weighted by Crippen LogP contribution is -2.31. The van der Waals surface area contributed by atoms with Crippen molar-refractivity contribution in [1.29, 1.82) is 0 Å². The van der Waals surface area contributed by atoms with Crippen molar-refractivity contribution in [2.75, 3.05) is 4.90 Å². The molecule has 1 atom stereocenters. The highest BCUT2D eigenvalue weighted by Crippen LogP contribution is 2.42. The van der Waals surface area contributed by atoms with E-state index >= 15 is 0 Å². The van der Waals surface area contributed by atoms with E-state index in [1.54, 1.807) is 12.1 Å². The van der Waals surface area contributed by atoms with Gasteiger partial charge in [0.2, 0.25) is 0 Å². The Balaban J connectivity index is 2.16. The Kier molecular flexibility index (Phi) is 5.27. The van der Waals surface area contributed by atoms with Gasteiger partial charge in [0, 0.05) is 12.1 Å². The third-order valence-corrected chi connectivity index (χ3v) is 5.08. The summed E-state index contributed by atoms with van der Waals surface area (Å²) in [5.74, 6) is -1.14. The molecule has 5 nitrogen and oxygen atoms in total. The van der Waals surface area contributed by atoms with Crippen molar-refractivity contribution in [3.8, 4) is 5.75 Å². The van der Waals surface area contributed by atoms with Crippen LogP contribution >= 0.6 is 0 Å². The molecule has 2 aromatic rings. The van der Waals surface area contributed by atoms with E-state index in [1.807, 2.05) is 45.9 Å². The minimum atomic E-state index is -0.735. The number of carbonyl (C=O) groups excluding carboxylic acids is 2. The average Bonchev–Trinajstić information content (AvgIpc) is 2.89. The molecule has 1 heterocycles. The van der Waals surface area contributed by atoms with Crippen LogP contribution in [0.4, 0.5) is 5.69 Å². The second-order valence-electron chi connectivity index (χ2n) is 7.72. The monoisotopic (exact) mass is 379 g/mol. The maximum atomic E-state index is 13.0. The van der Waals surface area contributed by atoms with Crippen molar-refractivity contribution >= 4 is 17.4 Å². The molecule has 0 bridgehead atoms. The topological polar surface area (TPSA) is 77.8 Å². The van der Waals surface area contributed by atoms with Crippen LogP contribution in [0.2, 0.25) is 0 Å². The van der Waals surface area contributed by atoms with E-state index in [0.717, 1.165) is 11.1 Å². The van der Waals surface area contributed by atoms with Gasteiger partial charge in [-0.3, -0.25) is 14.5 Å². The molecule has 0 aromatic heterocycles. The molecule has 1 aliphatic rings. The van der Waals surface area contributed by atoms with Crippen LogP contribution in [0.3, 0.4) is 0 Å². The normalized spacial score (nSPS) is 17.0. The van der Waals surface area contributed by atoms with E-state index in [9.17, 15) is 19.8 Å². The van der Waals surface area contributed by atoms with E-state index in [1.165, 1.54) is 17.0 Å². The van der Waals surface area contributed by atoms with Crippen LogP contribution < -0.4 is 4.90 Å². The molecule has 1 aliphatic heterocycles. The summed E-state index contributed by atoms with van der Waals surface area (Å²) < 4.78 is 0. The smallest absolute Gasteiger partial charge is 0.294 e. The van der Waals surface area contributed by atoms with Crippen molar-refractivity contribution in [2.45, 2.75) is 40.2 Å². The number of nitrogens with zero attached hydrogens (tertiary/aromatic N) is 1. The summed E-state index contributed by atoms with van der Waals surface area (Å²) in [4.78, 5) is 27.3. The number of anilines is 1. The Hall–Kier alpha value is -3.08. The van der Waals surface area contributed by atoms with Gasteiger partial charge >= 0.3 is 0 Å². The predicted molar refractivity (Wildman–Crippen MR) is 108 cm³/mol. The lowest BCUT2D eigenvalue weighted by Gasteiger charge is -2.27. The van der Waals surface area contributed by atoms with Crippen molar-refractivity contribution in [2.24, 2.45) is 5.92 Å². The molecule has 0 radical (unpaired) electrons. The van der Waals surface area contributed by atoms with Crippen molar-refractivity contribution in [3.63, 3.8) is 0 Å². The maximum absolute atomic E-state index is 13.0. The molecular weight excluding hydrogens is 354 g/mol. The summed E-state index contributed by atoms with van der Waals surface area (Å²) in [7, 11) is 0. The fourth-order valence-corrected chi connectivity index (χ4v) is 3.48. The van der Waals surface area contributed by atoms with E-state index < -0.39 is 17.7 Å². The predicted octanol–water partition coefficient (Wildman–Crippen LogP) is 4.52. The standard InChI is InChI=1S/C23H25NO4/c1-13(2)11-19(26)20-21(16-6-9-18(25)10-7-16)24(23(28)22(20)27)17-8-5-14(3)15(4)12-17/h5-10,12-13,21,25,27H,11H2,1-4H3. The summed E-state index contributed by atoms with van der Waals surface area (Å²) in [6.45, 7) is 7.77. The van der Waals surface area contributed by atoms with Gasteiger partial charge in [-0.2, -0.15) is 0 Å². The first-order chi connectivity index (χ1) is 13.2. The van der Waals surface area contributed by atoms with E-state index in [4.69, 9.17) is 0 Å². The maximum Gasteiger partial charge on any atom is 0.294 e. The highest BCUT2D eigenvalue weighted by atomic mass is 16.3. The lowest BCUT2D eigenvalue weighted by atomic mass is 9.92. The first kappa shape index (κ1) is 19.7. The van der Waals surface area contributed by atoms with Crippen LogP contribution in [0.1, 0.15) is 43.0 Å². The van der Waals surface area contributed by atoms with Crippen LogP contribution in [-0.4, -0.2) is 21.9 Å². The SMILES string of the molecule is Cc1ccc(N2C(=O)C(O)=C(C(=O)CC(C)C)C2c2ccc(O)cc2)cc1C. The van der Waals surface area contributed by atoms with Gasteiger partial charge in [0.15, 0.2) is 11.5 Å². The van der Waals surface area contributed by atoms with E-state index in [0.29, 0.717) is 11.3 Å². The van der Waals surface area contributed by atoms with Gasteiger partial charge < -0.3 is 10.2 Å². The van der Waals surface area contributed by atoms with Gasteiger partial charge in [0.05, 0.1) is 11.6 Å². The molecule has 3 rings (SSSR count). The molecular formula is C23H25NO4. The Morgan fingerprint density at radius 2 is 1.68 bits per heavy atom. The zero-order valence-electron chi connectivity index (χ0n) is 16.6. The van der Waals surface area contributed by atoms with Crippen molar-refractivity contribution in [3.05, 3.63) is 70.5 Å². The third kappa shape index (κ3) is 3.52. The molecule has 0 saturated carbocycles. The van der Waals surface area contributed by atoms with Crippen LogP contribution in [0.25, 0.3) is 0 Å². The molecule has 2 aromatic carbocycles. The minimum absolute atomic E-state index is 0.0917. The lowest BCUT2D eigenvalue weighted by molar-refractivity contribution is -0.118. The zero-order valence-corrected chi connectivity index (χ0v) is 16.6. The number of aliphatic hydroxyl groups is 1. The fraction of sp³-hybridized carbons (Fsp3) is 0.304. The largest absolute Gasteiger partial charge is 0.508 e.